The molecule has 0 saturated carbocycles. The molecule has 1 N–H and O–H groups in total. The number of benzene rings is 1. The van der Waals surface area contributed by atoms with Crippen LogP contribution >= 0.6 is 0 Å². The van der Waals surface area contributed by atoms with E-state index in [2.05, 4.69) is 20.4 Å². The van der Waals surface area contributed by atoms with E-state index in [4.69, 9.17) is 0 Å². The summed E-state index contributed by atoms with van der Waals surface area (Å²) < 4.78 is 39.9. The Morgan fingerprint density at radius 1 is 1.26 bits per heavy atom. The molecule has 0 unspecified atom stereocenters. The molecule has 0 radical (unpaired) electrons. The monoisotopic (exact) mass is 382 g/mol. The van der Waals surface area contributed by atoms with E-state index in [1.807, 2.05) is 32.4 Å². The van der Waals surface area contributed by atoms with Crippen LogP contribution in [0.3, 0.4) is 0 Å². The molecule has 6 nitrogen and oxygen atoms in total. The van der Waals surface area contributed by atoms with Crippen molar-refractivity contribution in [3.8, 4) is 0 Å². The van der Waals surface area contributed by atoms with Crippen molar-refractivity contribution in [3.05, 3.63) is 46.8 Å². The van der Waals surface area contributed by atoms with Gasteiger partial charge in [-0.05, 0) is 52.8 Å². The third-order valence-electron chi connectivity index (χ3n) is 3.74. The number of carbonyl (C=O) groups excluding carboxylic acids is 1. The number of amides is 1. The lowest BCUT2D eigenvalue weighted by molar-refractivity contribution is -0.137. The normalized spacial score (nSPS) is 12.4. The van der Waals surface area contributed by atoms with Crippen molar-refractivity contribution >= 4 is 18.0 Å². The number of oxime groups is 1. The maximum Gasteiger partial charge on any atom is 0.437 e. The van der Waals surface area contributed by atoms with Crippen molar-refractivity contribution in [2.24, 2.45) is 5.16 Å². The molecule has 0 atom stereocenters. The fourth-order valence-corrected chi connectivity index (χ4v) is 2.54. The lowest BCUT2D eigenvalue weighted by atomic mass is 10.1. The molecule has 2 aromatic rings. The summed E-state index contributed by atoms with van der Waals surface area (Å²) in [5.41, 5.74) is 1.14. The Balaban J connectivity index is 2.06. The van der Waals surface area contributed by atoms with Crippen molar-refractivity contribution in [1.82, 2.24) is 9.78 Å². The number of hydrogen-bond acceptors (Lipinski definition) is 4. The number of halogens is 3. The van der Waals surface area contributed by atoms with Gasteiger partial charge in [-0.3, -0.25) is 14.8 Å². The summed E-state index contributed by atoms with van der Waals surface area (Å²) in [6, 6.07) is 4.23. The topological polar surface area (TPSA) is 68.5 Å². The predicted molar refractivity (Wildman–Crippen MR) is 95.8 cm³/mol. The zero-order valence-electron chi connectivity index (χ0n) is 15.7. The fourth-order valence-electron chi connectivity index (χ4n) is 2.54. The van der Waals surface area contributed by atoms with Gasteiger partial charge in [0, 0.05) is 16.9 Å². The average molecular weight is 382 g/mol. The summed E-state index contributed by atoms with van der Waals surface area (Å²) in [5.74, 6) is 0. The third kappa shape index (κ3) is 5.08. The van der Waals surface area contributed by atoms with Gasteiger partial charge in [-0.1, -0.05) is 11.2 Å². The SMILES string of the molecule is Cc1nn(C(C)(C)C)c(C)c1/C=N\OC(=O)Nc1cccc(C(F)(F)F)c1. The first-order valence-electron chi connectivity index (χ1n) is 8.15. The lowest BCUT2D eigenvalue weighted by Crippen LogP contribution is -2.24. The first-order valence-corrected chi connectivity index (χ1v) is 8.15. The van der Waals surface area contributed by atoms with Crippen LogP contribution in [0.5, 0.6) is 0 Å². The molecular weight excluding hydrogens is 361 g/mol. The van der Waals surface area contributed by atoms with E-state index in [1.165, 1.54) is 18.3 Å². The maximum atomic E-state index is 12.7. The Hall–Kier alpha value is -2.84. The molecule has 1 aromatic carbocycles. The largest absolute Gasteiger partial charge is 0.437 e. The minimum atomic E-state index is -4.50. The highest BCUT2D eigenvalue weighted by Crippen LogP contribution is 2.30. The van der Waals surface area contributed by atoms with Crippen LogP contribution in [-0.4, -0.2) is 22.1 Å². The van der Waals surface area contributed by atoms with Crippen molar-refractivity contribution in [1.29, 1.82) is 0 Å². The molecule has 0 aliphatic carbocycles. The highest BCUT2D eigenvalue weighted by atomic mass is 19.4. The molecule has 0 fully saturated rings. The van der Waals surface area contributed by atoms with Gasteiger partial charge in [0.05, 0.1) is 23.0 Å². The highest BCUT2D eigenvalue weighted by Gasteiger charge is 2.30. The number of alkyl halides is 3. The summed E-state index contributed by atoms with van der Waals surface area (Å²) in [5, 5.41) is 10.3. The molecular formula is C18H21F3N4O2. The van der Waals surface area contributed by atoms with Crippen LogP contribution in [0.2, 0.25) is 0 Å². The number of rotatable bonds is 3. The Labute approximate surface area is 155 Å². The molecule has 1 amide bonds. The average Bonchev–Trinajstić information content (AvgIpc) is 2.82. The van der Waals surface area contributed by atoms with Gasteiger partial charge >= 0.3 is 12.3 Å². The van der Waals surface area contributed by atoms with E-state index in [0.717, 1.165) is 17.8 Å². The second kappa shape index (κ2) is 7.42. The van der Waals surface area contributed by atoms with Crippen LogP contribution in [-0.2, 0) is 16.6 Å². The van der Waals surface area contributed by atoms with Gasteiger partial charge < -0.3 is 0 Å². The fraction of sp³-hybridized carbons (Fsp3) is 0.389. The summed E-state index contributed by atoms with van der Waals surface area (Å²) in [4.78, 5) is 16.4. The number of anilines is 1. The van der Waals surface area contributed by atoms with Gasteiger partial charge in [-0.15, -0.1) is 0 Å². The third-order valence-corrected chi connectivity index (χ3v) is 3.74. The van der Waals surface area contributed by atoms with E-state index in [9.17, 15) is 18.0 Å². The number of nitrogens with one attached hydrogen (secondary N) is 1. The Morgan fingerprint density at radius 2 is 1.93 bits per heavy atom. The molecule has 0 aliphatic heterocycles. The van der Waals surface area contributed by atoms with E-state index < -0.39 is 17.8 Å². The van der Waals surface area contributed by atoms with Crippen LogP contribution in [0.25, 0.3) is 0 Å². The number of aromatic nitrogens is 2. The van der Waals surface area contributed by atoms with E-state index in [-0.39, 0.29) is 11.2 Å². The van der Waals surface area contributed by atoms with Gasteiger partial charge in [0.15, 0.2) is 0 Å². The smallest absolute Gasteiger partial charge is 0.298 e. The summed E-state index contributed by atoms with van der Waals surface area (Å²) in [7, 11) is 0. The standard InChI is InChI=1S/C18H21F3N4O2/c1-11-15(12(2)25(24-11)17(3,4)5)10-22-27-16(26)23-14-8-6-7-13(9-14)18(19,20)21/h6-10H,1-5H3,(H,23,26)/b22-10-. The van der Waals surface area contributed by atoms with Crippen molar-refractivity contribution in [3.63, 3.8) is 0 Å². The van der Waals surface area contributed by atoms with Crippen LogP contribution in [0.4, 0.5) is 23.7 Å². The summed E-state index contributed by atoms with van der Waals surface area (Å²) in [6.45, 7) is 9.69. The van der Waals surface area contributed by atoms with Gasteiger partial charge in [-0.25, -0.2) is 4.79 Å². The lowest BCUT2D eigenvalue weighted by Gasteiger charge is -2.21. The molecule has 2 rings (SSSR count). The summed E-state index contributed by atoms with van der Waals surface area (Å²) in [6.07, 6.45) is -4.14. The van der Waals surface area contributed by atoms with Gasteiger partial charge in [-0.2, -0.15) is 18.3 Å². The number of hydrogen-bond donors (Lipinski definition) is 1. The predicted octanol–water partition coefficient (Wildman–Crippen LogP) is 4.86. The zero-order valence-corrected chi connectivity index (χ0v) is 15.7. The van der Waals surface area contributed by atoms with Crippen molar-refractivity contribution < 1.29 is 22.8 Å². The van der Waals surface area contributed by atoms with Crippen LogP contribution in [0.1, 0.15) is 43.3 Å². The highest BCUT2D eigenvalue weighted by molar-refractivity contribution is 5.86. The van der Waals surface area contributed by atoms with Gasteiger partial charge in [0.2, 0.25) is 0 Å². The minimum Gasteiger partial charge on any atom is -0.298 e. The van der Waals surface area contributed by atoms with Gasteiger partial charge in [0.1, 0.15) is 0 Å². The van der Waals surface area contributed by atoms with Crippen LogP contribution in [0, 0.1) is 13.8 Å². The molecule has 0 spiro atoms. The van der Waals surface area contributed by atoms with Crippen LogP contribution < -0.4 is 5.32 Å². The van der Waals surface area contributed by atoms with Gasteiger partial charge in [0.25, 0.3) is 0 Å². The van der Waals surface area contributed by atoms with Crippen LogP contribution in [0.15, 0.2) is 29.4 Å². The maximum absolute atomic E-state index is 12.7. The molecule has 27 heavy (non-hydrogen) atoms. The number of nitrogens with zero attached hydrogens (tertiary/aromatic N) is 3. The zero-order chi connectivity index (χ0) is 20.4. The van der Waals surface area contributed by atoms with Crippen molar-refractivity contribution in [2.45, 2.75) is 46.3 Å². The molecule has 146 valence electrons. The second-order valence-electron chi connectivity index (χ2n) is 6.98. The van der Waals surface area contributed by atoms with E-state index >= 15 is 0 Å². The van der Waals surface area contributed by atoms with E-state index in [1.54, 1.807) is 6.92 Å². The Morgan fingerprint density at radius 3 is 2.48 bits per heavy atom. The minimum absolute atomic E-state index is 0.0436. The number of aryl methyl sites for hydroxylation is 1. The molecule has 9 heteroatoms. The summed E-state index contributed by atoms with van der Waals surface area (Å²) >= 11 is 0. The molecule has 0 bridgehead atoms. The number of carbonyl (C=O) groups is 1. The van der Waals surface area contributed by atoms with E-state index in [0.29, 0.717) is 11.3 Å². The Kier molecular flexibility index (Phi) is 5.62. The molecule has 1 aromatic heterocycles. The quantitative estimate of drug-likeness (QED) is 0.468. The van der Waals surface area contributed by atoms with Crippen molar-refractivity contribution in [2.75, 3.05) is 5.32 Å². The second-order valence-corrected chi connectivity index (χ2v) is 6.98. The molecule has 1 heterocycles. The first kappa shape index (κ1) is 20.5. The Bertz CT molecular complexity index is 864. The molecule has 0 aliphatic rings. The molecule has 0 saturated heterocycles. The first-order chi connectivity index (χ1) is 12.4.